The van der Waals surface area contributed by atoms with E-state index >= 15 is 0 Å². The number of fused-ring (bicyclic) bond motifs is 1. The summed E-state index contributed by atoms with van der Waals surface area (Å²) in [5.74, 6) is 0.245. The van der Waals surface area contributed by atoms with Crippen molar-refractivity contribution in [3.05, 3.63) is 59.5 Å². The highest BCUT2D eigenvalue weighted by molar-refractivity contribution is 5.93. The van der Waals surface area contributed by atoms with Crippen molar-refractivity contribution in [1.29, 1.82) is 0 Å². The highest BCUT2D eigenvalue weighted by atomic mass is 19.1. The van der Waals surface area contributed by atoms with Crippen molar-refractivity contribution in [2.75, 3.05) is 18.5 Å². The van der Waals surface area contributed by atoms with Gasteiger partial charge in [-0.1, -0.05) is 18.2 Å². The van der Waals surface area contributed by atoms with Gasteiger partial charge in [-0.3, -0.25) is 4.98 Å². The van der Waals surface area contributed by atoms with E-state index < -0.39 is 0 Å². The number of para-hydroxylation sites is 1. The zero-order chi connectivity index (χ0) is 21.0. The molecule has 4 nitrogen and oxygen atoms in total. The van der Waals surface area contributed by atoms with Gasteiger partial charge < -0.3 is 15.4 Å². The molecule has 0 aliphatic heterocycles. The Bertz CT molecular complexity index is 995. The molecule has 5 heteroatoms. The molecule has 0 amide bonds. The fourth-order valence-corrected chi connectivity index (χ4v) is 3.21. The van der Waals surface area contributed by atoms with Crippen LogP contribution in [0.2, 0.25) is 0 Å². The van der Waals surface area contributed by atoms with Crippen LogP contribution in [0, 0.1) is 19.7 Å². The lowest BCUT2D eigenvalue weighted by Gasteiger charge is -2.20. The Balaban J connectivity index is 1.78. The number of hydrogen-bond donors (Lipinski definition) is 2. The van der Waals surface area contributed by atoms with Crippen LogP contribution in [0.15, 0.2) is 42.5 Å². The number of halogens is 1. The Kier molecular flexibility index (Phi) is 6.38. The number of benzene rings is 2. The van der Waals surface area contributed by atoms with Crippen LogP contribution in [-0.4, -0.2) is 23.7 Å². The molecule has 154 valence electrons. The molecule has 0 aliphatic carbocycles. The minimum atomic E-state index is -0.323. The van der Waals surface area contributed by atoms with Gasteiger partial charge in [-0.2, -0.15) is 0 Å². The molecule has 2 aromatic carbocycles. The molecular weight excluding hydrogens is 365 g/mol. The predicted octanol–water partition coefficient (Wildman–Crippen LogP) is 5.89. The van der Waals surface area contributed by atoms with E-state index in [0.29, 0.717) is 18.0 Å². The van der Waals surface area contributed by atoms with Crippen molar-refractivity contribution in [3.8, 4) is 5.75 Å². The fraction of sp³-hybridized carbons (Fsp3) is 0.375. The number of aryl methyl sites for hydroxylation is 1. The SMILES string of the molecule is Cc1cc(Nc2cc(F)cc(OCCCNC(C)(C)C)c2C)c2ccccc2n1. The third kappa shape index (κ3) is 5.67. The number of aromatic nitrogens is 1. The first-order valence-corrected chi connectivity index (χ1v) is 10.0. The Hall–Kier alpha value is -2.66. The molecule has 0 atom stereocenters. The average molecular weight is 396 g/mol. The van der Waals surface area contributed by atoms with E-state index in [4.69, 9.17) is 4.74 Å². The molecule has 0 saturated carbocycles. The lowest BCUT2D eigenvalue weighted by Crippen LogP contribution is -2.36. The minimum absolute atomic E-state index is 0.0807. The van der Waals surface area contributed by atoms with Crippen LogP contribution >= 0.6 is 0 Å². The van der Waals surface area contributed by atoms with Crippen LogP contribution in [0.1, 0.15) is 38.4 Å². The summed E-state index contributed by atoms with van der Waals surface area (Å²) in [6.45, 7) is 11.7. The van der Waals surface area contributed by atoms with Crippen LogP contribution < -0.4 is 15.4 Å². The second kappa shape index (κ2) is 8.78. The number of rotatable bonds is 7. The molecule has 29 heavy (non-hydrogen) atoms. The van der Waals surface area contributed by atoms with Gasteiger partial charge in [-0.25, -0.2) is 4.39 Å². The largest absolute Gasteiger partial charge is 0.493 e. The van der Waals surface area contributed by atoms with Gasteiger partial charge in [-0.15, -0.1) is 0 Å². The number of pyridine rings is 1. The summed E-state index contributed by atoms with van der Waals surface area (Å²) in [7, 11) is 0. The van der Waals surface area contributed by atoms with Gasteiger partial charge in [0.2, 0.25) is 0 Å². The normalized spacial score (nSPS) is 11.7. The van der Waals surface area contributed by atoms with E-state index in [1.807, 2.05) is 44.2 Å². The van der Waals surface area contributed by atoms with E-state index in [-0.39, 0.29) is 11.4 Å². The molecule has 0 bridgehead atoms. The summed E-state index contributed by atoms with van der Waals surface area (Å²) >= 11 is 0. The van der Waals surface area contributed by atoms with Crippen LogP contribution in [-0.2, 0) is 0 Å². The average Bonchev–Trinajstić information content (AvgIpc) is 2.64. The highest BCUT2D eigenvalue weighted by Crippen LogP contribution is 2.32. The molecule has 1 aromatic heterocycles. The summed E-state index contributed by atoms with van der Waals surface area (Å²) in [6, 6.07) is 12.9. The lowest BCUT2D eigenvalue weighted by atomic mass is 10.1. The second-order valence-electron chi connectivity index (χ2n) is 8.41. The Morgan fingerprint density at radius 3 is 2.55 bits per heavy atom. The third-order valence-electron chi connectivity index (χ3n) is 4.67. The van der Waals surface area contributed by atoms with Crippen molar-refractivity contribution < 1.29 is 9.13 Å². The second-order valence-corrected chi connectivity index (χ2v) is 8.41. The van der Waals surface area contributed by atoms with Crippen LogP contribution in [0.3, 0.4) is 0 Å². The first-order valence-electron chi connectivity index (χ1n) is 10.0. The van der Waals surface area contributed by atoms with Crippen molar-refractivity contribution in [2.45, 2.75) is 46.6 Å². The Morgan fingerprint density at radius 2 is 1.79 bits per heavy atom. The van der Waals surface area contributed by atoms with Crippen molar-refractivity contribution in [2.24, 2.45) is 0 Å². The van der Waals surface area contributed by atoms with Gasteiger partial charge in [0.1, 0.15) is 11.6 Å². The van der Waals surface area contributed by atoms with Gasteiger partial charge in [0.05, 0.1) is 12.1 Å². The Labute approximate surface area is 172 Å². The maximum Gasteiger partial charge on any atom is 0.128 e. The Morgan fingerprint density at radius 1 is 1.03 bits per heavy atom. The maximum absolute atomic E-state index is 14.3. The van der Waals surface area contributed by atoms with Crippen LogP contribution in [0.25, 0.3) is 10.9 Å². The van der Waals surface area contributed by atoms with E-state index in [9.17, 15) is 4.39 Å². The molecule has 3 aromatic rings. The van der Waals surface area contributed by atoms with Crippen molar-refractivity contribution in [1.82, 2.24) is 10.3 Å². The van der Waals surface area contributed by atoms with Crippen molar-refractivity contribution >= 4 is 22.3 Å². The van der Waals surface area contributed by atoms with Crippen LogP contribution in [0.4, 0.5) is 15.8 Å². The number of nitrogens with zero attached hydrogens (tertiary/aromatic N) is 1. The monoisotopic (exact) mass is 395 g/mol. The predicted molar refractivity (Wildman–Crippen MR) is 119 cm³/mol. The first kappa shape index (κ1) is 21.1. The number of hydrogen-bond acceptors (Lipinski definition) is 4. The van der Waals surface area contributed by atoms with E-state index in [1.165, 1.54) is 12.1 Å². The molecule has 0 unspecified atom stereocenters. The standard InChI is InChI=1S/C24H30FN3O/c1-16-13-22(19-9-6-7-10-20(19)27-16)28-21-14-18(25)15-23(17(21)2)29-12-8-11-26-24(3,4)5/h6-7,9-10,13-15,26H,8,11-12H2,1-5H3,(H,27,28). The van der Waals surface area contributed by atoms with Gasteiger partial charge in [0.15, 0.2) is 0 Å². The lowest BCUT2D eigenvalue weighted by molar-refractivity contribution is 0.295. The van der Waals surface area contributed by atoms with E-state index in [1.54, 1.807) is 0 Å². The van der Waals surface area contributed by atoms with Gasteiger partial charge in [0.25, 0.3) is 0 Å². The summed E-state index contributed by atoms with van der Waals surface area (Å²) < 4.78 is 20.2. The van der Waals surface area contributed by atoms with E-state index in [2.05, 4.69) is 36.4 Å². The fourth-order valence-electron chi connectivity index (χ4n) is 3.21. The topological polar surface area (TPSA) is 46.2 Å². The zero-order valence-electron chi connectivity index (χ0n) is 17.9. The smallest absolute Gasteiger partial charge is 0.128 e. The van der Waals surface area contributed by atoms with Gasteiger partial charge >= 0.3 is 0 Å². The number of anilines is 2. The number of nitrogens with one attached hydrogen (secondary N) is 2. The summed E-state index contributed by atoms with van der Waals surface area (Å²) in [5, 5.41) is 7.81. The first-order chi connectivity index (χ1) is 13.7. The summed E-state index contributed by atoms with van der Waals surface area (Å²) in [6.07, 6.45) is 0.851. The van der Waals surface area contributed by atoms with Gasteiger partial charge in [0, 0.05) is 39.6 Å². The molecule has 1 heterocycles. The van der Waals surface area contributed by atoms with Gasteiger partial charge in [-0.05, 0) is 65.8 Å². The minimum Gasteiger partial charge on any atom is -0.493 e. The van der Waals surface area contributed by atoms with Crippen molar-refractivity contribution in [3.63, 3.8) is 0 Å². The summed E-state index contributed by atoms with van der Waals surface area (Å²) in [5.41, 5.74) is 4.38. The molecule has 0 spiro atoms. The molecule has 2 N–H and O–H groups in total. The highest BCUT2D eigenvalue weighted by Gasteiger charge is 2.12. The van der Waals surface area contributed by atoms with Crippen LogP contribution in [0.5, 0.6) is 5.75 Å². The molecule has 0 radical (unpaired) electrons. The maximum atomic E-state index is 14.3. The summed E-state index contributed by atoms with van der Waals surface area (Å²) in [4.78, 5) is 4.57. The third-order valence-corrected chi connectivity index (χ3v) is 4.67. The molecule has 0 fully saturated rings. The molecule has 0 saturated heterocycles. The quantitative estimate of drug-likeness (QED) is 0.490. The zero-order valence-corrected chi connectivity index (χ0v) is 17.9. The molecule has 0 aliphatic rings. The molecule has 3 rings (SSSR count). The van der Waals surface area contributed by atoms with E-state index in [0.717, 1.165) is 40.8 Å². The molecular formula is C24H30FN3O. The number of ether oxygens (including phenoxy) is 1.